The second-order valence-electron chi connectivity index (χ2n) is 22.6. The maximum atomic E-state index is 15.6. The summed E-state index contributed by atoms with van der Waals surface area (Å²) in [6, 6.07) is 21.5. The molecule has 3 aromatic heterocycles. The fourth-order valence-corrected chi connectivity index (χ4v) is 12.4. The van der Waals surface area contributed by atoms with E-state index in [-0.39, 0.29) is 60.6 Å². The highest BCUT2D eigenvalue weighted by Crippen LogP contribution is 2.44. The number of rotatable bonds is 19. The Balaban J connectivity index is 0.000000325. The number of piperazine rings is 1. The van der Waals surface area contributed by atoms with Gasteiger partial charge in [0.05, 0.1) is 37.4 Å². The van der Waals surface area contributed by atoms with E-state index in [2.05, 4.69) is 48.6 Å². The first kappa shape index (κ1) is 60.4. The first-order valence-corrected chi connectivity index (χ1v) is 30.0. The number of carbonyl (C=O) groups is 2. The molecule has 2 bridgehead atoms. The number of allylic oxidation sites excluding steroid dienone is 5. The third-order valence-electron chi connectivity index (χ3n) is 16.6. The Kier molecular flexibility index (Phi) is 19.3. The summed E-state index contributed by atoms with van der Waals surface area (Å²) in [5.41, 5.74) is 6.26. The van der Waals surface area contributed by atoms with E-state index in [1.165, 1.54) is 12.1 Å². The summed E-state index contributed by atoms with van der Waals surface area (Å²) >= 11 is 0. The number of nitrogens with zero attached hydrogens (tertiary/aromatic N) is 8. The number of nitrogens with one attached hydrogen (secondary N) is 2. The Hall–Kier alpha value is -7.70. The van der Waals surface area contributed by atoms with E-state index >= 15 is 4.39 Å². The van der Waals surface area contributed by atoms with E-state index in [1.807, 2.05) is 56.1 Å². The van der Waals surface area contributed by atoms with Crippen molar-refractivity contribution in [2.75, 3.05) is 44.4 Å². The highest BCUT2D eigenvalue weighted by Gasteiger charge is 2.36. The van der Waals surface area contributed by atoms with Crippen LogP contribution in [0.2, 0.25) is 0 Å². The molecule has 11 rings (SSSR count). The van der Waals surface area contributed by atoms with Crippen molar-refractivity contribution < 1.29 is 42.8 Å². The first-order chi connectivity index (χ1) is 41.2. The SMILES string of the molecule is C=C/C(P)=C(\C(F)=C/C)c1ccc(C(CO)NC=O)cc1.CCc1c(F)ccc2cc(O)cc(-c3ncc4c(N5CC6CCC(C5)N6)nc(OC5CCOCC5)nc4c3OCc3ccc(-c4cn(C(C(=O)N5CCCC5C)C(C)C)nn4)cc3)c12. The van der Waals surface area contributed by atoms with E-state index in [4.69, 9.17) is 29.2 Å². The molecule has 0 aliphatic carbocycles. The average Bonchev–Trinajstić information content (AvgIpc) is 1.73. The lowest BCUT2D eigenvalue weighted by atomic mass is 9.94. The molecule has 0 saturated carbocycles. The van der Waals surface area contributed by atoms with Crippen molar-refractivity contribution in [1.29, 1.82) is 0 Å². The zero-order valence-electron chi connectivity index (χ0n) is 48.8. The van der Waals surface area contributed by atoms with Gasteiger partial charge >= 0.3 is 6.01 Å². The minimum Gasteiger partial charge on any atom is -0.508 e. The molecule has 4 aliphatic rings. The lowest BCUT2D eigenvalue weighted by molar-refractivity contribution is -0.137. The average molecular weight is 1180 g/mol. The predicted octanol–water partition coefficient (Wildman–Crippen LogP) is 10.9. The number of aliphatic hydroxyl groups excluding tert-OH is 1. The van der Waals surface area contributed by atoms with Crippen LogP contribution in [0.1, 0.15) is 107 Å². The van der Waals surface area contributed by atoms with Crippen LogP contribution in [0.25, 0.3) is 49.8 Å². The molecule has 4 aromatic carbocycles. The van der Waals surface area contributed by atoms with Crippen molar-refractivity contribution >= 4 is 54.6 Å². The predicted molar refractivity (Wildman–Crippen MR) is 329 cm³/mol. The maximum Gasteiger partial charge on any atom is 0.319 e. The first-order valence-electron chi connectivity index (χ1n) is 29.4. The normalized spacial score (nSPS) is 19.1. The van der Waals surface area contributed by atoms with Gasteiger partial charge in [0.2, 0.25) is 12.3 Å². The lowest BCUT2D eigenvalue weighted by Gasteiger charge is -2.34. The van der Waals surface area contributed by atoms with Gasteiger partial charge in [0.15, 0.2) is 5.75 Å². The minimum absolute atomic E-state index is 0.0226. The number of phenolic OH excluding ortho intramolecular Hbond substituents is 1. The molecular weight excluding hydrogens is 1100 g/mol. The topological polar surface area (TPSA) is 202 Å². The second-order valence-corrected chi connectivity index (χ2v) is 23.2. The number of aryl methyl sites for hydroxylation is 1. The molecule has 0 spiro atoms. The Bertz CT molecular complexity index is 3600. The number of phenols is 1. The molecule has 4 saturated heterocycles. The van der Waals surface area contributed by atoms with Gasteiger partial charge in [0.1, 0.15) is 58.9 Å². The van der Waals surface area contributed by atoms with E-state index in [0.717, 1.165) is 80.7 Å². The van der Waals surface area contributed by atoms with Crippen LogP contribution in [0.4, 0.5) is 14.6 Å². The summed E-state index contributed by atoms with van der Waals surface area (Å²) in [7, 11) is 2.46. The number of anilines is 1. The molecule has 7 heterocycles. The summed E-state index contributed by atoms with van der Waals surface area (Å²) in [5, 5.41) is 38.2. The van der Waals surface area contributed by atoms with E-state index in [9.17, 15) is 24.2 Å². The smallest absolute Gasteiger partial charge is 0.319 e. The molecule has 6 atom stereocenters. The van der Waals surface area contributed by atoms with E-state index in [1.54, 1.807) is 66.3 Å². The summed E-state index contributed by atoms with van der Waals surface area (Å²) in [4.78, 5) is 43.7. The van der Waals surface area contributed by atoms with Crippen LogP contribution in [0.3, 0.4) is 0 Å². The van der Waals surface area contributed by atoms with Crippen LogP contribution >= 0.6 is 9.24 Å². The zero-order valence-corrected chi connectivity index (χ0v) is 50.0. The van der Waals surface area contributed by atoms with Gasteiger partial charge in [-0.1, -0.05) is 99.3 Å². The number of hydrogen-bond acceptors (Lipinski definition) is 14. The van der Waals surface area contributed by atoms with Gasteiger partial charge in [0, 0.05) is 73.5 Å². The van der Waals surface area contributed by atoms with Crippen molar-refractivity contribution in [1.82, 2.24) is 45.5 Å². The molecule has 446 valence electrons. The number of fused-ring (bicyclic) bond motifs is 4. The summed E-state index contributed by atoms with van der Waals surface area (Å²) in [5.74, 6) is 0.573. The van der Waals surface area contributed by atoms with Crippen molar-refractivity contribution in [2.45, 2.75) is 122 Å². The van der Waals surface area contributed by atoms with Crippen molar-refractivity contribution in [3.05, 3.63) is 143 Å². The van der Waals surface area contributed by atoms with Gasteiger partial charge in [-0.3, -0.25) is 14.6 Å². The van der Waals surface area contributed by atoms with Crippen LogP contribution in [0.15, 0.2) is 115 Å². The molecule has 17 nitrogen and oxygen atoms in total. The highest BCUT2D eigenvalue weighted by atomic mass is 31.0. The van der Waals surface area contributed by atoms with Crippen molar-refractivity contribution in [2.24, 2.45) is 5.92 Å². The van der Waals surface area contributed by atoms with Gasteiger partial charge in [-0.05, 0) is 108 Å². The number of aromatic nitrogens is 6. The molecule has 20 heteroatoms. The highest BCUT2D eigenvalue weighted by molar-refractivity contribution is 7.23. The molecule has 7 aromatic rings. The molecule has 0 radical (unpaired) electrons. The van der Waals surface area contributed by atoms with Gasteiger partial charge in [0.25, 0.3) is 0 Å². The quantitative estimate of drug-likeness (QED) is 0.0338. The number of aromatic hydroxyl groups is 1. The molecule has 4 fully saturated rings. The number of likely N-dealkylation sites (tertiary alicyclic amines) is 1. The Labute approximate surface area is 496 Å². The van der Waals surface area contributed by atoms with Gasteiger partial charge < -0.3 is 44.9 Å². The molecule has 4 N–H and O–H groups in total. The number of hydrogen-bond donors (Lipinski definition) is 4. The molecule has 4 aliphatic heterocycles. The van der Waals surface area contributed by atoms with Gasteiger partial charge in [-0.25, -0.2) is 13.5 Å². The third-order valence-corrected chi connectivity index (χ3v) is 17.1. The summed E-state index contributed by atoms with van der Waals surface area (Å²) < 4.78 is 50.4. The number of pyridine rings is 1. The Morgan fingerprint density at radius 3 is 2.40 bits per heavy atom. The number of carbonyl (C=O) groups excluding carboxylic acids is 2. The van der Waals surface area contributed by atoms with Gasteiger partial charge in [-0.15, -0.1) is 14.3 Å². The van der Waals surface area contributed by atoms with Crippen LogP contribution in [0, 0.1) is 11.7 Å². The summed E-state index contributed by atoms with van der Waals surface area (Å²) in [6.07, 6.45) is 13.1. The minimum atomic E-state index is -0.467. The standard InChI is InChI=1S/C49H56FN9O5.C16H19FNO2P/c1-5-37-40(50)15-12-32-21-35(60)22-38(42(32)37)43-46(44-39(23-51-43)47(57-24-33-13-14-34(25-57)52-33)54-49(53-44)64-36-16-19-62-20-17-36)63-27-30-8-10-31(11-9-30)41-26-59(56-55-41)45(28(2)3)48(61)58-18-6-7-29(58)4;1-3-13(17)16(15(21)4-2)12-7-5-11(6-8-12)14(9-19)18-10-20/h8-12,15,21-23,26,28-29,33-34,36,45,52,60H,5-7,13-14,16-20,24-25,27H2,1-4H3;3-8,10,14,19H,2,9,21H2,1H3,(H,18,20)/b;13-3+,16-15+. The number of benzene rings is 4. The number of halogens is 2. The van der Waals surface area contributed by atoms with Crippen LogP contribution in [-0.4, -0.2) is 121 Å². The maximum absolute atomic E-state index is 15.6. The van der Waals surface area contributed by atoms with E-state index < -0.39 is 12.1 Å². The van der Waals surface area contributed by atoms with Crippen molar-refractivity contribution in [3.8, 4) is 40.0 Å². The number of amides is 2. The largest absolute Gasteiger partial charge is 0.508 e. The van der Waals surface area contributed by atoms with Gasteiger partial charge in [-0.2, -0.15) is 9.97 Å². The lowest BCUT2D eigenvalue weighted by Crippen LogP contribution is -2.51. The third kappa shape index (κ3) is 13.2. The molecule has 6 unspecified atom stereocenters. The molecule has 2 amide bonds. The molecule has 85 heavy (non-hydrogen) atoms. The second kappa shape index (κ2) is 27.1. The zero-order chi connectivity index (χ0) is 59.9. The van der Waals surface area contributed by atoms with Crippen LogP contribution < -0.4 is 25.0 Å². The van der Waals surface area contributed by atoms with E-state index in [0.29, 0.717) is 105 Å². The fourth-order valence-electron chi connectivity index (χ4n) is 12.1. The van der Waals surface area contributed by atoms with Crippen LogP contribution in [0.5, 0.6) is 17.5 Å². The summed E-state index contributed by atoms with van der Waals surface area (Å²) in [6.45, 7) is 16.8. The molecular formula is C65H75F2N10O7P. The van der Waals surface area contributed by atoms with Crippen molar-refractivity contribution in [3.63, 3.8) is 0 Å². The monoisotopic (exact) mass is 1180 g/mol. The Morgan fingerprint density at radius 1 is 1.01 bits per heavy atom. The number of ether oxygens (including phenoxy) is 3. The van der Waals surface area contributed by atoms with Crippen LogP contribution in [-0.2, 0) is 27.4 Å². The fraction of sp³-hybridized carbons (Fsp3) is 0.400. The number of aliphatic hydroxyl groups is 1. The Morgan fingerprint density at radius 2 is 1.75 bits per heavy atom.